The van der Waals surface area contributed by atoms with E-state index in [-0.39, 0.29) is 5.91 Å². The molecule has 0 N–H and O–H groups in total. The number of benzene rings is 1. The molecule has 3 nitrogen and oxygen atoms in total. The van der Waals surface area contributed by atoms with Gasteiger partial charge < -0.3 is 9.64 Å². The van der Waals surface area contributed by atoms with Crippen LogP contribution in [0.2, 0.25) is 0 Å². The zero-order chi connectivity index (χ0) is 11.5. The number of carbonyl (C=O) groups excluding carboxylic acids is 1. The summed E-state index contributed by atoms with van der Waals surface area (Å²) >= 11 is 3.47. The smallest absolute Gasteiger partial charge is 0.227 e. The summed E-state index contributed by atoms with van der Waals surface area (Å²) in [7, 11) is 1.67. The summed E-state index contributed by atoms with van der Waals surface area (Å²) in [5.74, 6) is 0.214. The molecular weight excluding hydrogens is 270 g/mol. The molecule has 0 saturated carbocycles. The van der Waals surface area contributed by atoms with Crippen molar-refractivity contribution in [1.82, 2.24) is 0 Å². The number of nitrogens with zero attached hydrogens (tertiary/aromatic N) is 1. The lowest BCUT2D eigenvalue weighted by molar-refractivity contribution is -0.117. The molecule has 1 aromatic carbocycles. The Labute approximate surface area is 104 Å². The summed E-state index contributed by atoms with van der Waals surface area (Å²) < 4.78 is 6.14. The number of amides is 1. The summed E-state index contributed by atoms with van der Waals surface area (Å²) in [6, 6.07) is 5.94. The molecule has 16 heavy (non-hydrogen) atoms. The van der Waals surface area contributed by atoms with Gasteiger partial charge in [0.15, 0.2) is 0 Å². The Bertz CT molecular complexity index is 406. The monoisotopic (exact) mass is 283 g/mol. The lowest BCUT2D eigenvalue weighted by Gasteiger charge is -2.17. The third-order valence-electron chi connectivity index (χ3n) is 2.71. The summed E-state index contributed by atoms with van der Waals surface area (Å²) in [4.78, 5) is 13.5. The first-order valence-corrected chi connectivity index (χ1v) is 6.09. The van der Waals surface area contributed by atoms with Crippen LogP contribution in [0.15, 0.2) is 22.7 Å². The normalized spacial score (nSPS) is 15.9. The average molecular weight is 284 g/mol. The van der Waals surface area contributed by atoms with Gasteiger partial charge in [0.1, 0.15) is 0 Å². The van der Waals surface area contributed by atoms with Crippen molar-refractivity contribution in [2.24, 2.45) is 0 Å². The van der Waals surface area contributed by atoms with Crippen LogP contribution < -0.4 is 4.90 Å². The lowest BCUT2D eigenvalue weighted by atomic mass is 10.2. The van der Waals surface area contributed by atoms with Crippen LogP contribution in [0.25, 0.3) is 0 Å². The summed E-state index contributed by atoms with van der Waals surface area (Å²) in [6.07, 6.45) is 1.62. The summed E-state index contributed by atoms with van der Waals surface area (Å²) in [5.41, 5.74) is 2.04. The predicted molar refractivity (Wildman–Crippen MR) is 66.4 cm³/mol. The summed E-state index contributed by atoms with van der Waals surface area (Å²) in [5, 5.41) is 0. The van der Waals surface area contributed by atoms with E-state index in [4.69, 9.17) is 4.74 Å². The molecule has 1 fully saturated rings. The van der Waals surface area contributed by atoms with E-state index in [0.717, 1.165) is 28.7 Å². The maximum Gasteiger partial charge on any atom is 0.227 e. The molecule has 0 aliphatic carbocycles. The van der Waals surface area contributed by atoms with Crippen molar-refractivity contribution in [3.8, 4) is 0 Å². The van der Waals surface area contributed by atoms with Crippen LogP contribution in [-0.2, 0) is 16.1 Å². The Morgan fingerprint density at radius 3 is 2.94 bits per heavy atom. The van der Waals surface area contributed by atoms with Crippen LogP contribution >= 0.6 is 15.9 Å². The van der Waals surface area contributed by atoms with Crippen LogP contribution in [0.3, 0.4) is 0 Å². The number of ether oxygens (including phenoxy) is 1. The fraction of sp³-hybridized carbons (Fsp3) is 0.417. The maximum absolute atomic E-state index is 11.6. The number of hydrogen-bond donors (Lipinski definition) is 0. The third-order valence-corrected chi connectivity index (χ3v) is 3.49. The van der Waals surface area contributed by atoms with E-state index in [1.165, 1.54) is 0 Å². The van der Waals surface area contributed by atoms with Gasteiger partial charge in [0.05, 0.1) is 6.61 Å². The molecule has 0 aromatic heterocycles. The fourth-order valence-corrected chi connectivity index (χ4v) is 2.28. The average Bonchev–Trinajstić information content (AvgIpc) is 2.68. The van der Waals surface area contributed by atoms with Crippen molar-refractivity contribution >= 4 is 27.5 Å². The first-order chi connectivity index (χ1) is 7.72. The van der Waals surface area contributed by atoms with Gasteiger partial charge in [0.2, 0.25) is 5.91 Å². The van der Waals surface area contributed by atoms with Crippen LogP contribution in [0.1, 0.15) is 18.4 Å². The van der Waals surface area contributed by atoms with E-state index >= 15 is 0 Å². The van der Waals surface area contributed by atoms with E-state index in [0.29, 0.717) is 13.0 Å². The quantitative estimate of drug-likeness (QED) is 0.854. The number of hydrogen-bond acceptors (Lipinski definition) is 2. The third kappa shape index (κ3) is 2.28. The highest BCUT2D eigenvalue weighted by atomic mass is 79.9. The Hall–Kier alpha value is -0.870. The molecule has 4 heteroatoms. The van der Waals surface area contributed by atoms with Gasteiger partial charge >= 0.3 is 0 Å². The molecule has 0 bridgehead atoms. The van der Waals surface area contributed by atoms with E-state index in [1.54, 1.807) is 7.11 Å². The first-order valence-electron chi connectivity index (χ1n) is 5.30. The highest BCUT2D eigenvalue weighted by molar-refractivity contribution is 9.10. The Morgan fingerprint density at radius 2 is 2.31 bits per heavy atom. The van der Waals surface area contributed by atoms with Gasteiger partial charge in [-0.15, -0.1) is 0 Å². The van der Waals surface area contributed by atoms with Crippen LogP contribution in [0, 0.1) is 0 Å². The number of carbonyl (C=O) groups is 1. The van der Waals surface area contributed by atoms with Crippen molar-refractivity contribution in [1.29, 1.82) is 0 Å². The molecule has 86 valence electrons. The SMILES string of the molecule is COCc1cc(N2CCCC2=O)ccc1Br. The van der Waals surface area contributed by atoms with Crippen molar-refractivity contribution in [2.75, 3.05) is 18.6 Å². The van der Waals surface area contributed by atoms with Gasteiger partial charge in [0.25, 0.3) is 0 Å². The van der Waals surface area contributed by atoms with E-state index in [9.17, 15) is 4.79 Å². The minimum Gasteiger partial charge on any atom is -0.380 e. The minimum atomic E-state index is 0.214. The van der Waals surface area contributed by atoms with E-state index < -0.39 is 0 Å². The second-order valence-electron chi connectivity index (χ2n) is 3.86. The van der Waals surface area contributed by atoms with Crippen LogP contribution in [0.4, 0.5) is 5.69 Å². The molecule has 2 rings (SSSR count). The van der Waals surface area contributed by atoms with Crippen LogP contribution in [-0.4, -0.2) is 19.6 Å². The van der Waals surface area contributed by atoms with Gasteiger partial charge in [0, 0.05) is 30.2 Å². The Morgan fingerprint density at radius 1 is 1.50 bits per heavy atom. The zero-order valence-corrected chi connectivity index (χ0v) is 10.8. The Kier molecular flexibility index (Phi) is 3.61. The van der Waals surface area contributed by atoms with Gasteiger partial charge in [-0.3, -0.25) is 4.79 Å². The summed E-state index contributed by atoms with van der Waals surface area (Å²) in [6.45, 7) is 1.38. The largest absolute Gasteiger partial charge is 0.380 e. The molecule has 1 aromatic rings. The molecular formula is C12H14BrNO2. The molecule has 1 amide bonds. The van der Waals surface area contributed by atoms with Gasteiger partial charge in [-0.05, 0) is 30.2 Å². The lowest BCUT2D eigenvalue weighted by Crippen LogP contribution is -2.23. The van der Waals surface area contributed by atoms with Gasteiger partial charge in [-0.2, -0.15) is 0 Å². The van der Waals surface area contributed by atoms with Gasteiger partial charge in [-0.25, -0.2) is 0 Å². The second-order valence-corrected chi connectivity index (χ2v) is 4.71. The predicted octanol–water partition coefficient (Wildman–Crippen LogP) is 2.72. The topological polar surface area (TPSA) is 29.5 Å². The first kappa shape index (κ1) is 11.6. The van der Waals surface area contributed by atoms with Crippen molar-refractivity contribution < 1.29 is 9.53 Å². The highest BCUT2D eigenvalue weighted by Crippen LogP contribution is 2.27. The number of methoxy groups -OCH3 is 1. The van der Waals surface area contributed by atoms with Crippen molar-refractivity contribution in [3.63, 3.8) is 0 Å². The molecule has 0 unspecified atom stereocenters. The minimum absolute atomic E-state index is 0.214. The molecule has 1 heterocycles. The van der Waals surface area contributed by atoms with Gasteiger partial charge in [-0.1, -0.05) is 15.9 Å². The standard InChI is InChI=1S/C12H14BrNO2/c1-16-8-9-7-10(4-5-11(9)13)14-6-2-3-12(14)15/h4-5,7H,2-3,6,8H2,1H3. The number of rotatable bonds is 3. The number of anilines is 1. The molecule has 0 atom stereocenters. The zero-order valence-electron chi connectivity index (χ0n) is 9.20. The maximum atomic E-state index is 11.6. The van der Waals surface area contributed by atoms with E-state index in [2.05, 4.69) is 15.9 Å². The van der Waals surface area contributed by atoms with Crippen molar-refractivity contribution in [3.05, 3.63) is 28.2 Å². The van der Waals surface area contributed by atoms with Crippen molar-refractivity contribution in [2.45, 2.75) is 19.4 Å². The molecule has 0 radical (unpaired) electrons. The van der Waals surface area contributed by atoms with E-state index in [1.807, 2.05) is 23.1 Å². The Balaban J connectivity index is 2.27. The highest BCUT2D eigenvalue weighted by Gasteiger charge is 2.21. The fourth-order valence-electron chi connectivity index (χ4n) is 1.92. The van der Waals surface area contributed by atoms with Crippen LogP contribution in [0.5, 0.6) is 0 Å². The molecule has 1 saturated heterocycles. The second kappa shape index (κ2) is 4.97. The molecule has 1 aliphatic rings. The molecule has 0 spiro atoms. The molecule has 1 aliphatic heterocycles. The number of halogens is 1.